The lowest BCUT2D eigenvalue weighted by atomic mass is 10.0. The summed E-state index contributed by atoms with van der Waals surface area (Å²) in [5, 5.41) is 14.4. The lowest BCUT2D eigenvalue weighted by molar-refractivity contribution is 0.162. The number of methoxy groups -OCH3 is 1. The van der Waals surface area contributed by atoms with Crippen molar-refractivity contribution >= 4 is 5.69 Å². The van der Waals surface area contributed by atoms with E-state index < -0.39 is 6.10 Å². The zero-order valence-electron chi connectivity index (χ0n) is 16.3. The number of aryl methyl sites for hydroxylation is 1. The molecule has 1 aromatic carbocycles. The van der Waals surface area contributed by atoms with Crippen LogP contribution in [0.4, 0.5) is 5.69 Å². The van der Waals surface area contributed by atoms with Crippen LogP contribution in [0.3, 0.4) is 0 Å². The number of hydrogen-bond donors (Lipinski definition) is 1. The second-order valence-electron chi connectivity index (χ2n) is 7.70. The van der Waals surface area contributed by atoms with Crippen molar-refractivity contribution in [2.45, 2.75) is 51.4 Å². The summed E-state index contributed by atoms with van der Waals surface area (Å²) in [7, 11) is 1.71. The van der Waals surface area contributed by atoms with Crippen molar-refractivity contribution in [2.75, 3.05) is 31.6 Å². The van der Waals surface area contributed by atoms with Crippen molar-refractivity contribution in [1.82, 2.24) is 14.7 Å². The van der Waals surface area contributed by atoms with Crippen LogP contribution in [0.5, 0.6) is 5.75 Å². The van der Waals surface area contributed by atoms with Gasteiger partial charge in [-0.3, -0.25) is 9.58 Å². The second kappa shape index (κ2) is 7.90. The normalized spacial score (nSPS) is 20.2. The minimum Gasteiger partial charge on any atom is -0.497 e. The Labute approximate surface area is 161 Å². The van der Waals surface area contributed by atoms with Crippen LogP contribution in [0.25, 0.3) is 0 Å². The van der Waals surface area contributed by atoms with Crippen molar-refractivity contribution in [3.05, 3.63) is 41.7 Å². The smallest absolute Gasteiger partial charge is 0.119 e. The van der Waals surface area contributed by atoms with E-state index in [4.69, 9.17) is 4.74 Å². The van der Waals surface area contributed by atoms with Crippen molar-refractivity contribution in [1.29, 1.82) is 0 Å². The van der Waals surface area contributed by atoms with Gasteiger partial charge in [-0.1, -0.05) is 0 Å². The maximum absolute atomic E-state index is 9.83. The van der Waals surface area contributed by atoms with Gasteiger partial charge in [0.1, 0.15) is 5.75 Å². The maximum atomic E-state index is 9.83. The molecule has 1 N–H and O–H groups in total. The molecule has 6 heteroatoms. The van der Waals surface area contributed by atoms with Gasteiger partial charge < -0.3 is 14.7 Å². The van der Waals surface area contributed by atoms with E-state index in [0.29, 0.717) is 6.04 Å². The Morgan fingerprint density at radius 2 is 1.85 bits per heavy atom. The summed E-state index contributed by atoms with van der Waals surface area (Å²) in [6.45, 7) is 6.98. The molecule has 1 atom stereocenters. The average Bonchev–Trinajstić information content (AvgIpc) is 3.00. The predicted molar refractivity (Wildman–Crippen MR) is 106 cm³/mol. The molecule has 1 unspecified atom stereocenters. The van der Waals surface area contributed by atoms with E-state index in [1.54, 1.807) is 14.0 Å². The number of ether oxygens (including phenoxy) is 1. The van der Waals surface area contributed by atoms with Crippen molar-refractivity contribution in [3.8, 4) is 5.75 Å². The summed E-state index contributed by atoms with van der Waals surface area (Å²) in [5.74, 6) is 0.909. The van der Waals surface area contributed by atoms with Crippen LogP contribution in [-0.2, 0) is 13.1 Å². The van der Waals surface area contributed by atoms with E-state index in [1.807, 2.05) is 12.1 Å². The van der Waals surface area contributed by atoms with Gasteiger partial charge in [0, 0.05) is 44.5 Å². The fourth-order valence-corrected chi connectivity index (χ4v) is 4.31. The average molecular weight is 370 g/mol. The van der Waals surface area contributed by atoms with Gasteiger partial charge in [0.05, 0.1) is 24.6 Å². The molecule has 27 heavy (non-hydrogen) atoms. The summed E-state index contributed by atoms with van der Waals surface area (Å²) < 4.78 is 7.35. The minimum atomic E-state index is -0.495. The third-order valence-electron chi connectivity index (χ3n) is 5.91. The van der Waals surface area contributed by atoms with Crippen LogP contribution in [0.1, 0.15) is 43.7 Å². The highest BCUT2D eigenvalue weighted by Crippen LogP contribution is 2.27. The number of aromatic nitrogens is 2. The zero-order valence-corrected chi connectivity index (χ0v) is 16.3. The van der Waals surface area contributed by atoms with Crippen molar-refractivity contribution < 1.29 is 9.84 Å². The number of hydrogen-bond acceptors (Lipinski definition) is 5. The summed E-state index contributed by atoms with van der Waals surface area (Å²) in [6.07, 6.45) is 2.99. The molecule has 2 aliphatic rings. The Kier molecular flexibility index (Phi) is 5.36. The number of aliphatic hydroxyl groups is 1. The van der Waals surface area contributed by atoms with Crippen LogP contribution < -0.4 is 9.64 Å². The van der Waals surface area contributed by atoms with Crippen LogP contribution in [0, 0.1) is 0 Å². The van der Waals surface area contributed by atoms with Gasteiger partial charge in [-0.2, -0.15) is 5.10 Å². The first-order valence-corrected chi connectivity index (χ1v) is 10.0. The molecule has 6 nitrogen and oxygen atoms in total. The van der Waals surface area contributed by atoms with Crippen LogP contribution in [0.2, 0.25) is 0 Å². The Hall–Kier alpha value is -2.05. The third-order valence-corrected chi connectivity index (χ3v) is 5.91. The molecular formula is C21H30N4O2. The Balaban J connectivity index is 1.38. The summed E-state index contributed by atoms with van der Waals surface area (Å²) in [5.41, 5.74) is 3.31. The predicted octanol–water partition coefficient (Wildman–Crippen LogP) is 2.82. The molecule has 4 rings (SSSR count). The monoisotopic (exact) mass is 370 g/mol. The van der Waals surface area contributed by atoms with Crippen molar-refractivity contribution in [3.63, 3.8) is 0 Å². The second-order valence-corrected chi connectivity index (χ2v) is 7.70. The lowest BCUT2D eigenvalue weighted by Gasteiger charge is -2.39. The number of aliphatic hydroxyl groups excluding tert-OH is 1. The Bertz CT molecular complexity index is 748. The number of rotatable bonds is 4. The summed E-state index contributed by atoms with van der Waals surface area (Å²) in [6, 6.07) is 11.1. The number of nitrogens with zero attached hydrogens (tertiary/aromatic N) is 4. The number of anilines is 1. The zero-order chi connectivity index (χ0) is 18.8. The van der Waals surface area contributed by atoms with E-state index >= 15 is 0 Å². The highest BCUT2D eigenvalue weighted by Gasteiger charge is 2.27. The van der Waals surface area contributed by atoms with Gasteiger partial charge in [0.15, 0.2) is 0 Å². The number of fused-ring (bicyclic) bond motifs is 1. The standard InChI is InChI=1S/C21H30N4O2/c1-16(26)21-14-19-15-24(10-3-11-25(19)22-21)18-8-12-23(13-9-18)17-4-6-20(27-2)7-5-17/h4-7,14,16,18,26H,3,8-13,15H2,1-2H3. The van der Waals surface area contributed by atoms with Gasteiger partial charge in [-0.25, -0.2) is 0 Å². The fourth-order valence-electron chi connectivity index (χ4n) is 4.31. The molecule has 0 saturated carbocycles. The SMILES string of the molecule is COc1ccc(N2CCC(N3CCCn4nc(C(C)O)cc4C3)CC2)cc1. The first-order valence-electron chi connectivity index (χ1n) is 10.0. The van der Waals surface area contributed by atoms with Crippen LogP contribution in [-0.4, -0.2) is 52.6 Å². The highest BCUT2D eigenvalue weighted by atomic mass is 16.5. The third kappa shape index (κ3) is 3.96. The molecule has 0 amide bonds. The van der Waals surface area contributed by atoms with E-state index in [-0.39, 0.29) is 0 Å². The van der Waals surface area contributed by atoms with E-state index in [2.05, 4.69) is 37.8 Å². The molecule has 0 radical (unpaired) electrons. The van der Waals surface area contributed by atoms with Gasteiger partial charge in [-0.05, 0) is 56.5 Å². The molecule has 0 aliphatic carbocycles. The van der Waals surface area contributed by atoms with Gasteiger partial charge >= 0.3 is 0 Å². The van der Waals surface area contributed by atoms with E-state index in [1.165, 1.54) is 24.2 Å². The van der Waals surface area contributed by atoms with E-state index in [0.717, 1.165) is 50.6 Å². The molecule has 1 fully saturated rings. The lowest BCUT2D eigenvalue weighted by Crippen LogP contribution is -2.44. The van der Waals surface area contributed by atoms with Gasteiger partial charge in [-0.15, -0.1) is 0 Å². The highest BCUT2D eigenvalue weighted by molar-refractivity contribution is 5.49. The van der Waals surface area contributed by atoms with Crippen molar-refractivity contribution in [2.24, 2.45) is 0 Å². The molecule has 0 bridgehead atoms. The van der Waals surface area contributed by atoms with Gasteiger partial charge in [0.2, 0.25) is 0 Å². The molecule has 2 aliphatic heterocycles. The summed E-state index contributed by atoms with van der Waals surface area (Å²) in [4.78, 5) is 5.10. The van der Waals surface area contributed by atoms with E-state index in [9.17, 15) is 5.11 Å². The quantitative estimate of drug-likeness (QED) is 0.897. The molecular weight excluding hydrogens is 340 g/mol. The minimum absolute atomic E-state index is 0.495. The molecule has 3 heterocycles. The summed E-state index contributed by atoms with van der Waals surface area (Å²) >= 11 is 0. The molecule has 2 aromatic rings. The molecule has 0 spiro atoms. The van der Waals surface area contributed by atoms with Gasteiger partial charge in [0.25, 0.3) is 0 Å². The largest absolute Gasteiger partial charge is 0.497 e. The van der Waals surface area contributed by atoms with Crippen LogP contribution >= 0.6 is 0 Å². The fraction of sp³-hybridized carbons (Fsp3) is 0.571. The topological polar surface area (TPSA) is 53.8 Å². The number of piperidine rings is 1. The number of benzene rings is 1. The van der Waals surface area contributed by atoms with Crippen LogP contribution in [0.15, 0.2) is 30.3 Å². The molecule has 146 valence electrons. The molecule has 1 saturated heterocycles. The Morgan fingerprint density at radius 1 is 1.11 bits per heavy atom. The first kappa shape index (κ1) is 18.3. The first-order chi connectivity index (χ1) is 13.1. The Morgan fingerprint density at radius 3 is 2.52 bits per heavy atom. The maximum Gasteiger partial charge on any atom is 0.119 e. The molecule has 1 aromatic heterocycles.